The molecule has 0 amide bonds. The molecular weight excluding hydrogens is 434 g/mol. The van der Waals surface area contributed by atoms with Crippen molar-refractivity contribution in [3.8, 4) is 5.75 Å². The summed E-state index contributed by atoms with van der Waals surface area (Å²) in [4.78, 5) is 0. The topological polar surface area (TPSA) is 20.2 Å². The quantitative estimate of drug-likeness (QED) is 0.525. The van der Waals surface area contributed by atoms with Crippen molar-refractivity contribution in [1.82, 2.24) is 0 Å². The Kier molecular flexibility index (Phi) is 3.90. The number of hydrogen-bond donors (Lipinski definition) is 1. The summed E-state index contributed by atoms with van der Waals surface area (Å²) in [6, 6.07) is 3.76. The summed E-state index contributed by atoms with van der Waals surface area (Å²) in [7, 11) is 0. The van der Waals surface area contributed by atoms with Gasteiger partial charge in [-0.1, -0.05) is 15.9 Å². The molecule has 0 bridgehead atoms. The lowest BCUT2D eigenvalue weighted by Crippen LogP contribution is -1.84. The first kappa shape index (κ1) is 10.0. The number of phenolic OH excluding ortho intramolecular Hbond substituents is 1. The molecule has 1 N–H and O–H groups in total. The van der Waals surface area contributed by atoms with E-state index in [2.05, 4.69) is 61.1 Å². The molecule has 0 heterocycles. The van der Waals surface area contributed by atoms with Crippen molar-refractivity contribution in [1.29, 1.82) is 0 Å². The molecule has 4 heteroatoms. The van der Waals surface area contributed by atoms with Gasteiger partial charge in [0.25, 0.3) is 0 Å². The Labute approximate surface area is 101 Å². The standard InChI is InChI=1S/C7H5BrI2O/c8-3-4-1-5(9)6(10)2-7(4)11/h1-2,11H,3H2. The van der Waals surface area contributed by atoms with Crippen LogP contribution in [0.25, 0.3) is 0 Å². The molecule has 0 saturated heterocycles. The summed E-state index contributed by atoms with van der Waals surface area (Å²) in [5, 5.41) is 10.1. The second-order valence-corrected chi connectivity index (χ2v) is 4.91. The van der Waals surface area contributed by atoms with Gasteiger partial charge in [0.15, 0.2) is 0 Å². The first-order valence-electron chi connectivity index (χ1n) is 2.88. The SMILES string of the molecule is Oc1cc(I)c(I)cc1CBr. The summed E-state index contributed by atoms with van der Waals surface area (Å²) >= 11 is 7.75. The van der Waals surface area contributed by atoms with Crippen molar-refractivity contribution in [3.05, 3.63) is 24.8 Å². The molecule has 1 aromatic rings. The molecule has 0 aliphatic rings. The van der Waals surface area contributed by atoms with Crippen LogP contribution in [-0.2, 0) is 5.33 Å². The highest BCUT2D eigenvalue weighted by molar-refractivity contribution is 14.1. The Bertz CT molecular complexity index is 275. The van der Waals surface area contributed by atoms with Crippen LogP contribution in [0.15, 0.2) is 12.1 Å². The lowest BCUT2D eigenvalue weighted by atomic mass is 10.2. The van der Waals surface area contributed by atoms with Crippen molar-refractivity contribution in [3.63, 3.8) is 0 Å². The molecule has 0 fully saturated rings. The van der Waals surface area contributed by atoms with Crippen LogP contribution >= 0.6 is 61.1 Å². The zero-order valence-electron chi connectivity index (χ0n) is 5.44. The van der Waals surface area contributed by atoms with E-state index in [1.54, 1.807) is 6.07 Å². The zero-order valence-corrected chi connectivity index (χ0v) is 11.3. The van der Waals surface area contributed by atoms with Crippen LogP contribution in [0, 0.1) is 7.14 Å². The predicted octanol–water partition coefficient (Wildman–Crippen LogP) is 3.50. The fourth-order valence-corrected chi connectivity index (χ4v) is 2.12. The van der Waals surface area contributed by atoms with E-state index in [1.165, 1.54) is 3.57 Å². The van der Waals surface area contributed by atoms with Gasteiger partial charge in [-0.15, -0.1) is 0 Å². The Morgan fingerprint density at radius 2 is 1.82 bits per heavy atom. The van der Waals surface area contributed by atoms with Gasteiger partial charge in [0, 0.05) is 18.0 Å². The molecule has 60 valence electrons. The largest absolute Gasteiger partial charge is 0.508 e. The molecular formula is C7H5BrI2O. The summed E-state index contributed by atoms with van der Waals surface area (Å²) in [5.41, 5.74) is 0.940. The third-order valence-electron chi connectivity index (χ3n) is 1.27. The fourth-order valence-electron chi connectivity index (χ4n) is 0.685. The molecule has 0 aliphatic heterocycles. The van der Waals surface area contributed by atoms with Crippen molar-refractivity contribution in [2.75, 3.05) is 0 Å². The number of aromatic hydroxyl groups is 1. The number of rotatable bonds is 1. The van der Waals surface area contributed by atoms with Gasteiger partial charge in [-0.05, 0) is 57.3 Å². The van der Waals surface area contributed by atoms with E-state index in [1.807, 2.05) is 6.07 Å². The van der Waals surface area contributed by atoms with Crippen molar-refractivity contribution in [2.24, 2.45) is 0 Å². The highest BCUT2D eigenvalue weighted by Gasteiger charge is 2.03. The molecule has 0 saturated carbocycles. The Morgan fingerprint density at radius 1 is 1.27 bits per heavy atom. The smallest absolute Gasteiger partial charge is 0.120 e. The van der Waals surface area contributed by atoms with E-state index in [-0.39, 0.29) is 0 Å². The number of halogens is 3. The van der Waals surface area contributed by atoms with E-state index in [0.717, 1.165) is 9.13 Å². The third kappa shape index (κ3) is 2.45. The van der Waals surface area contributed by atoms with E-state index >= 15 is 0 Å². The minimum atomic E-state index is 0.367. The average Bonchev–Trinajstić information content (AvgIpc) is 1.97. The Balaban J connectivity index is 3.21. The molecule has 1 aromatic carbocycles. The van der Waals surface area contributed by atoms with Crippen LogP contribution in [0.2, 0.25) is 0 Å². The number of alkyl halides is 1. The van der Waals surface area contributed by atoms with E-state index in [0.29, 0.717) is 11.1 Å². The van der Waals surface area contributed by atoms with E-state index < -0.39 is 0 Å². The zero-order chi connectivity index (χ0) is 8.43. The first-order chi connectivity index (χ1) is 5.15. The van der Waals surface area contributed by atoms with Gasteiger partial charge in [0.1, 0.15) is 5.75 Å². The van der Waals surface area contributed by atoms with Crippen LogP contribution in [0.4, 0.5) is 0 Å². The first-order valence-corrected chi connectivity index (χ1v) is 6.16. The minimum Gasteiger partial charge on any atom is -0.508 e. The highest BCUT2D eigenvalue weighted by Crippen LogP contribution is 2.26. The number of hydrogen-bond acceptors (Lipinski definition) is 1. The summed E-state index contributed by atoms with van der Waals surface area (Å²) in [5.74, 6) is 0.367. The van der Waals surface area contributed by atoms with E-state index in [9.17, 15) is 5.11 Å². The van der Waals surface area contributed by atoms with Crippen LogP contribution in [0.3, 0.4) is 0 Å². The lowest BCUT2D eigenvalue weighted by Gasteiger charge is -2.02. The highest BCUT2D eigenvalue weighted by atomic mass is 127. The van der Waals surface area contributed by atoms with Crippen LogP contribution < -0.4 is 0 Å². The number of phenols is 1. The van der Waals surface area contributed by atoms with Crippen LogP contribution in [0.1, 0.15) is 5.56 Å². The second kappa shape index (κ2) is 4.27. The average molecular weight is 439 g/mol. The van der Waals surface area contributed by atoms with Gasteiger partial charge >= 0.3 is 0 Å². The molecule has 0 spiro atoms. The Hall–Kier alpha value is 0.960. The molecule has 1 rings (SSSR count). The van der Waals surface area contributed by atoms with Crippen molar-refractivity contribution < 1.29 is 5.11 Å². The fraction of sp³-hybridized carbons (Fsp3) is 0.143. The molecule has 0 radical (unpaired) electrons. The molecule has 0 atom stereocenters. The molecule has 0 unspecified atom stereocenters. The van der Waals surface area contributed by atoms with Gasteiger partial charge in [-0.25, -0.2) is 0 Å². The molecule has 11 heavy (non-hydrogen) atoms. The Morgan fingerprint density at radius 3 is 2.36 bits per heavy atom. The maximum absolute atomic E-state index is 9.38. The normalized spacial score (nSPS) is 10.1. The van der Waals surface area contributed by atoms with Crippen molar-refractivity contribution in [2.45, 2.75) is 5.33 Å². The molecule has 0 aliphatic carbocycles. The maximum Gasteiger partial charge on any atom is 0.120 e. The van der Waals surface area contributed by atoms with E-state index in [4.69, 9.17) is 0 Å². The van der Waals surface area contributed by atoms with Crippen LogP contribution in [-0.4, -0.2) is 5.11 Å². The van der Waals surface area contributed by atoms with Gasteiger partial charge < -0.3 is 5.11 Å². The van der Waals surface area contributed by atoms with Crippen LogP contribution in [0.5, 0.6) is 5.75 Å². The predicted molar refractivity (Wildman–Crippen MR) is 66.2 cm³/mol. The number of benzene rings is 1. The maximum atomic E-state index is 9.38. The second-order valence-electron chi connectivity index (χ2n) is 2.03. The summed E-state index contributed by atoms with van der Waals surface area (Å²) in [6.07, 6.45) is 0. The summed E-state index contributed by atoms with van der Waals surface area (Å²) < 4.78 is 2.26. The summed E-state index contributed by atoms with van der Waals surface area (Å²) in [6.45, 7) is 0. The lowest BCUT2D eigenvalue weighted by molar-refractivity contribution is 0.470. The molecule has 0 aromatic heterocycles. The van der Waals surface area contributed by atoms with Gasteiger partial charge in [0.2, 0.25) is 0 Å². The minimum absolute atomic E-state index is 0.367. The van der Waals surface area contributed by atoms with Gasteiger partial charge in [0.05, 0.1) is 0 Å². The van der Waals surface area contributed by atoms with Gasteiger partial charge in [-0.2, -0.15) is 0 Å². The van der Waals surface area contributed by atoms with Crippen molar-refractivity contribution >= 4 is 61.1 Å². The monoisotopic (exact) mass is 438 g/mol. The molecule has 1 nitrogen and oxygen atoms in total. The van der Waals surface area contributed by atoms with Gasteiger partial charge in [-0.3, -0.25) is 0 Å². The third-order valence-corrected chi connectivity index (χ3v) is 4.69.